The first-order valence-electron chi connectivity index (χ1n) is 8.47. The Kier molecular flexibility index (Phi) is 7.32. The van der Waals surface area contributed by atoms with Crippen molar-refractivity contribution < 1.29 is 22.6 Å². The summed E-state index contributed by atoms with van der Waals surface area (Å²) in [5.41, 5.74) is 0.832. The highest BCUT2D eigenvalue weighted by atomic mass is 19.4. The zero-order chi connectivity index (χ0) is 18.1. The fourth-order valence-electron chi connectivity index (χ4n) is 3.06. The highest BCUT2D eigenvalue weighted by molar-refractivity contribution is 5.27. The molecular weight excluding hydrogens is 331 g/mol. The Bertz CT molecular complexity index is 582. The first-order valence-corrected chi connectivity index (χ1v) is 8.47. The fourth-order valence-corrected chi connectivity index (χ4v) is 3.06. The quantitative estimate of drug-likeness (QED) is 0.606. The number of rotatable bonds is 7. The number of benzene rings is 1. The summed E-state index contributed by atoms with van der Waals surface area (Å²) in [4.78, 5) is 0. The van der Waals surface area contributed by atoms with Gasteiger partial charge in [-0.3, -0.25) is 0 Å². The number of hydrogen-bond acceptors (Lipinski definition) is 3. The van der Waals surface area contributed by atoms with Crippen LogP contribution in [-0.2, 0) is 11.3 Å². The second-order valence-corrected chi connectivity index (χ2v) is 6.25. The topological polar surface area (TPSA) is 42.2 Å². The number of allylic oxidation sites excluding steroid dienone is 2. The van der Waals surface area contributed by atoms with Gasteiger partial charge in [0.2, 0.25) is 0 Å². The van der Waals surface area contributed by atoms with Crippen molar-refractivity contribution in [2.45, 2.75) is 57.6 Å². The molecule has 136 valence electrons. The summed E-state index contributed by atoms with van der Waals surface area (Å²) in [6.07, 6.45) is 5.26. The van der Waals surface area contributed by atoms with Crippen LogP contribution in [0.1, 0.15) is 44.1 Å². The van der Waals surface area contributed by atoms with E-state index in [1.54, 1.807) is 12.1 Å². The minimum atomic E-state index is -4.67. The van der Waals surface area contributed by atoms with E-state index in [4.69, 9.17) is 10.00 Å². The van der Waals surface area contributed by atoms with Gasteiger partial charge in [0.1, 0.15) is 5.75 Å². The molecule has 0 amide bonds. The van der Waals surface area contributed by atoms with Crippen LogP contribution in [0.25, 0.3) is 0 Å². The average molecular weight is 353 g/mol. The molecule has 0 atom stereocenters. The molecule has 0 heterocycles. The van der Waals surface area contributed by atoms with Gasteiger partial charge in [-0.25, -0.2) is 0 Å². The van der Waals surface area contributed by atoms with Crippen LogP contribution in [0.2, 0.25) is 0 Å². The molecule has 0 bridgehead atoms. The van der Waals surface area contributed by atoms with E-state index in [1.165, 1.54) is 18.2 Å². The molecule has 1 aromatic rings. The van der Waals surface area contributed by atoms with Crippen molar-refractivity contribution in [3.8, 4) is 11.8 Å². The first kappa shape index (κ1) is 19.3. The van der Waals surface area contributed by atoms with Gasteiger partial charge in [0, 0.05) is 6.08 Å². The Morgan fingerprint density at radius 3 is 2.40 bits per heavy atom. The maximum Gasteiger partial charge on any atom is 0.573 e. The van der Waals surface area contributed by atoms with Crippen LogP contribution in [0.3, 0.4) is 0 Å². The summed E-state index contributed by atoms with van der Waals surface area (Å²) in [6, 6.07) is 7.79. The number of nitriles is 1. The molecule has 0 spiro atoms. The maximum atomic E-state index is 12.1. The van der Waals surface area contributed by atoms with Gasteiger partial charge >= 0.3 is 6.36 Å². The van der Waals surface area contributed by atoms with Crippen molar-refractivity contribution in [1.29, 1.82) is 5.26 Å². The summed E-state index contributed by atoms with van der Waals surface area (Å²) in [7, 11) is 0. The molecule has 0 saturated heterocycles. The van der Waals surface area contributed by atoms with E-state index >= 15 is 0 Å². The van der Waals surface area contributed by atoms with Gasteiger partial charge in [0.15, 0.2) is 0 Å². The Morgan fingerprint density at radius 2 is 1.80 bits per heavy atom. The molecule has 1 saturated carbocycles. The minimum Gasteiger partial charge on any atom is -0.406 e. The smallest absolute Gasteiger partial charge is 0.406 e. The summed E-state index contributed by atoms with van der Waals surface area (Å²) in [5.74, 6) is 0.462. The van der Waals surface area contributed by atoms with E-state index in [-0.39, 0.29) is 11.9 Å². The van der Waals surface area contributed by atoms with Gasteiger partial charge in [-0.2, -0.15) is 5.26 Å². The minimum absolute atomic E-state index is 0.206. The first-order chi connectivity index (χ1) is 12.0. The lowest BCUT2D eigenvalue weighted by Crippen LogP contribution is -2.21. The summed E-state index contributed by atoms with van der Waals surface area (Å²) in [6.45, 7) is 0.395. The Balaban J connectivity index is 1.67. The fraction of sp³-hybridized carbons (Fsp3) is 0.526. The van der Waals surface area contributed by atoms with Gasteiger partial charge in [-0.15, -0.1) is 13.2 Å². The second-order valence-electron chi connectivity index (χ2n) is 6.25. The van der Waals surface area contributed by atoms with Crippen molar-refractivity contribution >= 4 is 0 Å². The van der Waals surface area contributed by atoms with E-state index in [0.29, 0.717) is 12.5 Å². The molecular formula is C19H22F3NO2. The zero-order valence-electron chi connectivity index (χ0n) is 14.0. The lowest BCUT2D eigenvalue weighted by Gasteiger charge is -2.28. The van der Waals surface area contributed by atoms with Crippen molar-refractivity contribution in [2.24, 2.45) is 5.92 Å². The van der Waals surface area contributed by atoms with Crippen LogP contribution in [0.5, 0.6) is 5.75 Å². The van der Waals surface area contributed by atoms with Crippen LogP contribution in [-0.4, -0.2) is 12.5 Å². The molecule has 0 radical (unpaired) electrons. The largest absolute Gasteiger partial charge is 0.573 e. The van der Waals surface area contributed by atoms with Crippen molar-refractivity contribution in [1.82, 2.24) is 0 Å². The van der Waals surface area contributed by atoms with Crippen LogP contribution in [0, 0.1) is 17.2 Å². The lowest BCUT2D eigenvalue weighted by molar-refractivity contribution is -0.274. The molecule has 0 N–H and O–H groups in total. The normalized spacial score (nSPS) is 21.2. The molecule has 6 heteroatoms. The predicted molar refractivity (Wildman–Crippen MR) is 87.6 cm³/mol. The number of alkyl halides is 3. The van der Waals surface area contributed by atoms with Gasteiger partial charge in [-0.1, -0.05) is 18.2 Å². The predicted octanol–water partition coefficient (Wildman–Crippen LogP) is 5.52. The Labute approximate surface area is 146 Å². The molecule has 1 aromatic carbocycles. The van der Waals surface area contributed by atoms with Gasteiger partial charge < -0.3 is 9.47 Å². The van der Waals surface area contributed by atoms with Gasteiger partial charge in [0.25, 0.3) is 0 Å². The number of ether oxygens (including phenoxy) is 2. The maximum absolute atomic E-state index is 12.1. The van der Waals surface area contributed by atoms with Crippen LogP contribution < -0.4 is 4.74 Å². The molecule has 0 unspecified atom stereocenters. The van der Waals surface area contributed by atoms with E-state index in [0.717, 1.165) is 44.1 Å². The van der Waals surface area contributed by atoms with E-state index in [2.05, 4.69) is 4.74 Å². The van der Waals surface area contributed by atoms with Gasteiger partial charge in [0.05, 0.1) is 18.8 Å². The third kappa shape index (κ3) is 7.61. The van der Waals surface area contributed by atoms with Crippen molar-refractivity contribution in [3.63, 3.8) is 0 Å². The zero-order valence-corrected chi connectivity index (χ0v) is 14.0. The summed E-state index contributed by atoms with van der Waals surface area (Å²) in [5, 5.41) is 8.45. The Morgan fingerprint density at radius 1 is 1.12 bits per heavy atom. The molecule has 3 nitrogen and oxygen atoms in total. The highest BCUT2D eigenvalue weighted by Crippen LogP contribution is 2.30. The summed E-state index contributed by atoms with van der Waals surface area (Å²) >= 11 is 0. The average Bonchev–Trinajstić information content (AvgIpc) is 2.58. The molecule has 2 rings (SSSR count). The standard InChI is InChI=1S/C19H22F3NO2/c20-19(21,22)25-18-11-7-16(8-12-18)14-24-17-9-5-15(6-10-17)4-2-1-3-13-23/h1,3,7-8,11-12,15,17H,2,4-6,9-10,14H2. The van der Waals surface area contributed by atoms with Crippen LogP contribution in [0.4, 0.5) is 13.2 Å². The van der Waals surface area contributed by atoms with Gasteiger partial charge in [-0.05, 0) is 62.1 Å². The van der Waals surface area contributed by atoms with Crippen molar-refractivity contribution in [2.75, 3.05) is 0 Å². The molecule has 0 aromatic heterocycles. The second kappa shape index (κ2) is 9.47. The molecule has 25 heavy (non-hydrogen) atoms. The highest BCUT2D eigenvalue weighted by Gasteiger charge is 2.31. The van der Waals surface area contributed by atoms with Crippen molar-refractivity contribution in [3.05, 3.63) is 42.0 Å². The van der Waals surface area contributed by atoms with E-state index < -0.39 is 6.36 Å². The SMILES string of the molecule is N#CC=CCCC1CCC(OCc2ccc(OC(F)(F)F)cc2)CC1. The molecule has 1 fully saturated rings. The number of hydrogen-bond donors (Lipinski definition) is 0. The monoisotopic (exact) mass is 353 g/mol. The Hall–Kier alpha value is -2.00. The lowest BCUT2D eigenvalue weighted by atomic mass is 9.84. The number of nitrogens with zero attached hydrogens (tertiary/aromatic N) is 1. The molecule has 1 aliphatic carbocycles. The van der Waals surface area contributed by atoms with E-state index in [9.17, 15) is 13.2 Å². The number of halogens is 3. The molecule has 0 aliphatic heterocycles. The van der Waals surface area contributed by atoms with Crippen LogP contribution >= 0.6 is 0 Å². The summed E-state index contributed by atoms with van der Waals surface area (Å²) < 4.78 is 46.1. The molecule has 1 aliphatic rings. The van der Waals surface area contributed by atoms with Crippen LogP contribution in [0.15, 0.2) is 36.4 Å². The third-order valence-electron chi connectivity index (χ3n) is 4.37. The van der Waals surface area contributed by atoms with E-state index in [1.807, 2.05) is 12.1 Å². The third-order valence-corrected chi connectivity index (χ3v) is 4.37.